The molecule has 1 fully saturated rings. The van der Waals surface area contributed by atoms with Crippen molar-refractivity contribution >= 4 is 5.91 Å². The van der Waals surface area contributed by atoms with Crippen molar-refractivity contribution in [2.75, 3.05) is 13.1 Å². The molecule has 24 heavy (non-hydrogen) atoms. The summed E-state index contributed by atoms with van der Waals surface area (Å²) in [4.78, 5) is 15.9. The second-order valence-corrected chi connectivity index (χ2v) is 6.33. The minimum Gasteiger partial charge on any atom is -0.335 e. The highest BCUT2D eigenvalue weighted by molar-refractivity contribution is 5.77. The minimum atomic E-state index is 0.0827. The summed E-state index contributed by atoms with van der Waals surface area (Å²) in [7, 11) is 3.72. The first-order valence-corrected chi connectivity index (χ1v) is 8.42. The van der Waals surface area contributed by atoms with E-state index in [4.69, 9.17) is 0 Å². The van der Waals surface area contributed by atoms with E-state index in [1.54, 1.807) is 15.7 Å². The Bertz CT molecular complexity index is 692. The third kappa shape index (κ3) is 3.48. The fraction of sp³-hybridized carbons (Fsp3) is 0.625. The first-order chi connectivity index (χ1) is 11.6. The topological polar surface area (TPSA) is 80.9 Å². The third-order valence-corrected chi connectivity index (χ3v) is 4.60. The summed E-state index contributed by atoms with van der Waals surface area (Å²) >= 11 is 0. The smallest absolute Gasteiger partial charge is 0.223 e. The fourth-order valence-corrected chi connectivity index (χ4v) is 3.51. The van der Waals surface area contributed by atoms with Gasteiger partial charge in [0.05, 0.1) is 24.1 Å². The van der Waals surface area contributed by atoms with Crippen LogP contribution in [-0.2, 0) is 25.4 Å². The maximum absolute atomic E-state index is 12.3. The van der Waals surface area contributed by atoms with Gasteiger partial charge in [0.1, 0.15) is 0 Å². The van der Waals surface area contributed by atoms with Crippen molar-refractivity contribution in [2.45, 2.75) is 32.4 Å². The summed E-state index contributed by atoms with van der Waals surface area (Å²) in [5.74, 6) is 0.597. The van der Waals surface area contributed by atoms with Crippen LogP contribution in [0.15, 0.2) is 18.6 Å². The summed E-state index contributed by atoms with van der Waals surface area (Å²) in [5.41, 5.74) is 2.04. The Labute approximate surface area is 141 Å². The zero-order valence-electron chi connectivity index (χ0n) is 14.5. The second-order valence-electron chi connectivity index (χ2n) is 6.33. The highest BCUT2D eigenvalue weighted by atomic mass is 16.2. The Morgan fingerprint density at radius 3 is 2.75 bits per heavy atom. The first kappa shape index (κ1) is 16.6. The number of nitrogens with one attached hydrogen (secondary N) is 1. The highest BCUT2D eigenvalue weighted by Crippen LogP contribution is 2.36. The van der Waals surface area contributed by atoms with Crippen molar-refractivity contribution in [2.24, 2.45) is 20.0 Å². The van der Waals surface area contributed by atoms with Gasteiger partial charge in [-0.3, -0.25) is 9.48 Å². The standard InChI is InChI=1S/C16H25N7O/c1-4-23-15(24)6-5-12(16(23)13-8-18-21(2)11-13)7-17-9-14-10-19-22(3)20-14/h8,10-12,16-17H,4-7,9H2,1-3H3/t12-,16+/m1/s1. The van der Waals surface area contributed by atoms with E-state index in [-0.39, 0.29) is 11.9 Å². The van der Waals surface area contributed by atoms with Crippen molar-refractivity contribution in [3.63, 3.8) is 0 Å². The van der Waals surface area contributed by atoms with Crippen molar-refractivity contribution in [1.82, 2.24) is 35.0 Å². The lowest BCUT2D eigenvalue weighted by atomic mass is 9.85. The summed E-state index contributed by atoms with van der Waals surface area (Å²) in [6.45, 7) is 4.28. The molecular formula is C16H25N7O. The SMILES string of the molecule is CCN1C(=O)CC[C@H](CNCc2cnn(C)n2)[C@H]1c1cnn(C)c1. The Morgan fingerprint density at radius 2 is 2.12 bits per heavy atom. The number of aromatic nitrogens is 5. The molecule has 0 aromatic carbocycles. The van der Waals surface area contributed by atoms with Crippen LogP contribution < -0.4 is 5.32 Å². The van der Waals surface area contributed by atoms with E-state index >= 15 is 0 Å². The molecular weight excluding hydrogens is 306 g/mol. The van der Waals surface area contributed by atoms with Crippen LogP contribution in [0.4, 0.5) is 0 Å². The number of carbonyl (C=O) groups is 1. The quantitative estimate of drug-likeness (QED) is 0.840. The molecule has 0 aliphatic carbocycles. The van der Waals surface area contributed by atoms with Crippen LogP contribution in [0.25, 0.3) is 0 Å². The molecule has 1 saturated heterocycles. The molecule has 1 amide bonds. The lowest BCUT2D eigenvalue weighted by Gasteiger charge is -2.40. The molecule has 2 aromatic rings. The Kier molecular flexibility index (Phi) is 4.94. The van der Waals surface area contributed by atoms with Crippen molar-refractivity contribution in [3.8, 4) is 0 Å². The fourth-order valence-electron chi connectivity index (χ4n) is 3.51. The van der Waals surface area contributed by atoms with Crippen molar-refractivity contribution in [1.29, 1.82) is 0 Å². The number of amides is 1. The molecule has 0 radical (unpaired) electrons. The molecule has 1 aliphatic rings. The van der Waals surface area contributed by atoms with Crippen LogP contribution >= 0.6 is 0 Å². The van der Waals surface area contributed by atoms with Crippen LogP contribution in [0.2, 0.25) is 0 Å². The monoisotopic (exact) mass is 331 g/mol. The van der Waals surface area contributed by atoms with E-state index in [1.165, 1.54) is 0 Å². The molecule has 1 N–H and O–H groups in total. The summed E-state index contributed by atoms with van der Waals surface area (Å²) in [5, 5.41) is 16.1. The number of piperidine rings is 1. The minimum absolute atomic E-state index is 0.0827. The van der Waals surface area contributed by atoms with Crippen molar-refractivity contribution in [3.05, 3.63) is 29.8 Å². The number of aryl methyl sites for hydroxylation is 2. The molecule has 0 bridgehead atoms. The van der Waals surface area contributed by atoms with Crippen LogP contribution in [0.3, 0.4) is 0 Å². The first-order valence-electron chi connectivity index (χ1n) is 8.42. The van der Waals surface area contributed by atoms with Crippen molar-refractivity contribution < 1.29 is 4.79 Å². The van der Waals surface area contributed by atoms with Crippen LogP contribution in [-0.4, -0.2) is 48.7 Å². The van der Waals surface area contributed by atoms with Gasteiger partial charge in [-0.15, -0.1) is 0 Å². The molecule has 2 atom stereocenters. The molecule has 0 spiro atoms. The van der Waals surface area contributed by atoms with Gasteiger partial charge < -0.3 is 10.2 Å². The maximum Gasteiger partial charge on any atom is 0.223 e. The van der Waals surface area contributed by atoms with E-state index in [2.05, 4.69) is 20.6 Å². The second kappa shape index (κ2) is 7.12. The molecule has 0 saturated carbocycles. The third-order valence-electron chi connectivity index (χ3n) is 4.60. The van der Waals surface area contributed by atoms with Crippen LogP contribution in [0, 0.1) is 5.92 Å². The molecule has 8 heteroatoms. The molecule has 3 rings (SSSR count). The summed E-state index contributed by atoms with van der Waals surface area (Å²) in [6, 6.07) is 0.0827. The Morgan fingerprint density at radius 1 is 1.29 bits per heavy atom. The van der Waals surface area contributed by atoms with Gasteiger partial charge in [-0.25, -0.2) is 0 Å². The predicted molar refractivity (Wildman–Crippen MR) is 88.8 cm³/mol. The predicted octanol–water partition coefficient (Wildman–Crippen LogP) is 0.638. The van der Waals surface area contributed by atoms with Gasteiger partial charge in [0.25, 0.3) is 0 Å². The van der Waals surface area contributed by atoms with Crippen LogP contribution in [0.1, 0.15) is 37.1 Å². The average Bonchev–Trinajstić information content (AvgIpc) is 3.17. The van der Waals surface area contributed by atoms with Gasteiger partial charge >= 0.3 is 0 Å². The summed E-state index contributed by atoms with van der Waals surface area (Å²) in [6.07, 6.45) is 7.17. The molecule has 1 aliphatic heterocycles. The van der Waals surface area contributed by atoms with Gasteiger partial charge in [-0.05, 0) is 19.3 Å². The molecule has 3 heterocycles. The molecule has 8 nitrogen and oxygen atoms in total. The molecule has 2 aromatic heterocycles. The molecule has 130 valence electrons. The van der Waals surface area contributed by atoms with E-state index in [9.17, 15) is 4.79 Å². The Hall–Kier alpha value is -2.22. The number of hydrogen-bond acceptors (Lipinski definition) is 5. The number of nitrogens with zero attached hydrogens (tertiary/aromatic N) is 6. The summed E-state index contributed by atoms with van der Waals surface area (Å²) < 4.78 is 1.80. The van der Waals surface area contributed by atoms with Gasteiger partial charge in [0.2, 0.25) is 5.91 Å². The highest BCUT2D eigenvalue weighted by Gasteiger charge is 2.36. The van der Waals surface area contributed by atoms with E-state index in [1.807, 2.05) is 38.3 Å². The zero-order valence-corrected chi connectivity index (χ0v) is 14.5. The lowest BCUT2D eigenvalue weighted by Crippen LogP contribution is -2.45. The average molecular weight is 331 g/mol. The van der Waals surface area contributed by atoms with Crippen LogP contribution in [0.5, 0.6) is 0 Å². The van der Waals surface area contributed by atoms with E-state index in [0.29, 0.717) is 18.9 Å². The van der Waals surface area contributed by atoms with E-state index < -0.39 is 0 Å². The Balaban J connectivity index is 1.70. The molecule has 0 unspecified atom stereocenters. The lowest BCUT2D eigenvalue weighted by molar-refractivity contribution is -0.138. The van der Waals surface area contributed by atoms with E-state index in [0.717, 1.165) is 30.8 Å². The maximum atomic E-state index is 12.3. The number of likely N-dealkylation sites (tertiary alicyclic amines) is 1. The number of rotatable bonds is 6. The normalized spacial score (nSPS) is 21.5. The van der Waals surface area contributed by atoms with Gasteiger partial charge in [-0.1, -0.05) is 0 Å². The van der Waals surface area contributed by atoms with Gasteiger partial charge in [0.15, 0.2) is 0 Å². The number of carbonyl (C=O) groups excluding carboxylic acids is 1. The largest absolute Gasteiger partial charge is 0.335 e. The van der Waals surface area contributed by atoms with Gasteiger partial charge in [0, 0.05) is 51.9 Å². The zero-order chi connectivity index (χ0) is 17.1. The number of hydrogen-bond donors (Lipinski definition) is 1. The van der Waals surface area contributed by atoms with Gasteiger partial charge in [-0.2, -0.15) is 20.1 Å².